The van der Waals surface area contributed by atoms with Crippen molar-refractivity contribution in [3.63, 3.8) is 0 Å². The van der Waals surface area contributed by atoms with Gasteiger partial charge in [0.25, 0.3) is 0 Å². The van der Waals surface area contributed by atoms with Crippen LogP contribution in [0.3, 0.4) is 0 Å². The summed E-state index contributed by atoms with van der Waals surface area (Å²) in [5, 5.41) is 0.193. The summed E-state index contributed by atoms with van der Waals surface area (Å²) in [6, 6.07) is 2.70. The van der Waals surface area contributed by atoms with E-state index in [2.05, 4.69) is 20.7 Å². The monoisotopic (exact) mass is 383 g/mol. The van der Waals surface area contributed by atoms with Gasteiger partial charge in [-0.3, -0.25) is 4.79 Å². The number of sulfonamides is 1. The zero-order chi connectivity index (χ0) is 15.7. The maximum Gasteiger partial charge on any atom is 0.242 e. The zero-order valence-electron chi connectivity index (χ0n) is 10.9. The predicted molar refractivity (Wildman–Crippen MR) is 81.8 cm³/mol. The molecule has 20 heavy (non-hydrogen) atoms. The van der Waals surface area contributed by atoms with Crippen LogP contribution in [0.4, 0.5) is 5.69 Å². The van der Waals surface area contributed by atoms with Crippen LogP contribution < -0.4 is 16.2 Å². The van der Waals surface area contributed by atoms with E-state index in [1.54, 1.807) is 13.8 Å². The van der Waals surface area contributed by atoms with E-state index < -0.39 is 21.5 Å². The summed E-state index contributed by atoms with van der Waals surface area (Å²) in [7, 11) is -3.91. The second-order valence-corrected chi connectivity index (χ2v) is 7.82. The first-order valence-electron chi connectivity index (χ1n) is 5.51. The molecular weight excluding hydrogens is 370 g/mol. The number of halogens is 2. The largest absolute Gasteiger partial charge is 0.398 e. The van der Waals surface area contributed by atoms with Gasteiger partial charge in [-0.05, 0) is 41.9 Å². The summed E-state index contributed by atoms with van der Waals surface area (Å²) in [6.07, 6.45) is -0.139. The Hall–Kier alpha value is -0.830. The van der Waals surface area contributed by atoms with Crippen LogP contribution >= 0.6 is 27.5 Å². The fraction of sp³-hybridized carbons (Fsp3) is 0.364. The quantitative estimate of drug-likeness (QED) is 0.669. The molecular formula is C11H15BrClN3O3S. The molecule has 0 bridgehead atoms. The molecule has 0 aliphatic heterocycles. The highest BCUT2D eigenvalue weighted by molar-refractivity contribution is 9.10. The number of amides is 1. The smallest absolute Gasteiger partial charge is 0.242 e. The number of rotatable bonds is 5. The molecule has 0 aromatic heterocycles. The van der Waals surface area contributed by atoms with Crippen LogP contribution in [-0.4, -0.2) is 19.9 Å². The number of hydrogen-bond acceptors (Lipinski definition) is 4. The highest BCUT2D eigenvalue weighted by Crippen LogP contribution is 2.32. The van der Waals surface area contributed by atoms with Crippen molar-refractivity contribution < 1.29 is 13.2 Å². The Morgan fingerprint density at radius 1 is 1.45 bits per heavy atom. The van der Waals surface area contributed by atoms with Gasteiger partial charge in [0.2, 0.25) is 15.9 Å². The molecule has 0 saturated heterocycles. The summed E-state index contributed by atoms with van der Waals surface area (Å²) in [6.45, 7) is 3.11. The Morgan fingerprint density at radius 2 is 2.00 bits per heavy atom. The third-order valence-electron chi connectivity index (χ3n) is 2.35. The fourth-order valence-corrected chi connectivity index (χ4v) is 4.38. The first-order valence-corrected chi connectivity index (χ1v) is 8.17. The molecule has 5 N–H and O–H groups in total. The van der Waals surface area contributed by atoms with Gasteiger partial charge in [-0.2, -0.15) is 0 Å². The topological polar surface area (TPSA) is 115 Å². The molecule has 9 heteroatoms. The van der Waals surface area contributed by atoms with Gasteiger partial charge in [-0.1, -0.05) is 11.6 Å². The van der Waals surface area contributed by atoms with Crippen molar-refractivity contribution in [3.8, 4) is 0 Å². The number of nitrogens with one attached hydrogen (secondary N) is 1. The SMILES string of the molecule is CC(C)(CC(N)=O)NS(=O)(=O)c1cc(Cl)cc(N)c1Br. The maximum absolute atomic E-state index is 12.3. The Bertz CT molecular complexity index is 647. The molecule has 0 aliphatic rings. The minimum Gasteiger partial charge on any atom is -0.398 e. The summed E-state index contributed by atoms with van der Waals surface area (Å²) in [5.74, 6) is -0.609. The summed E-state index contributed by atoms with van der Waals surface area (Å²) in [4.78, 5) is 10.9. The van der Waals surface area contributed by atoms with Gasteiger partial charge in [0.15, 0.2) is 0 Å². The zero-order valence-corrected chi connectivity index (χ0v) is 14.1. The molecule has 0 atom stereocenters. The average Bonchev–Trinajstić information content (AvgIpc) is 2.19. The number of nitrogens with two attached hydrogens (primary N) is 2. The van der Waals surface area contributed by atoms with E-state index in [-0.39, 0.29) is 26.5 Å². The first kappa shape index (κ1) is 17.2. The van der Waals surface area contributed by atoms with E-state index >= 15 is 0 Å². The number of carbonyl (C=O) groups excluding carboxylic acids is 1. The van der Waals surface area contributed by atoms with Crippen molar-refractivity contribution in [3.05, 3.63) is 21.6 Å². The van der Waals surface area contributed by atoms with Crippen molar-refractivity contribution in [2.24, 2.45) is 5.73 Å². The standard InChI is InChI=1S/C11H15BrClN3O3S/c1-11(2,5-9(15)17)16-20(18,19)8-4-6(13)3-7(14)10(8)12/h3-4,16H,5,14H2,1-2H3,(H2,15,17). The highest BCUT2D eigenvalue weighted by atomic mass is 79.9. The molecule has 0 radical (unpaired) electrons. The van der Waals surface area contributed by atoms with Crippen LogP contribution in [0.1, 0.15) is 20.3 Å². The molecule has 1 rings (SSSR count). The molecule has 0 aliphatic carbocycles. The van der Waals surface area contributed by atoms with E-state index in [0.29, 0.717) is 0 Å². The lowest BCUT2D eigenvalue weighted by Gasteiger charge is -2.25. The summed E-state index contributed by atoms with van der Waals surface area (Å²) < 4.78 is 27.3. The molecule has 0 saturated carbocycles. The minimum absolute atomic E-state index is 0.0972. The number of benzene rings is 1. The van der Waals surface area contributed by atoms with E-state index in [1.165, 1.54) is 12.1 Å². The Kier molecular flexibility index (Phi) is 5.07. The van der Waals surface area contributed by atoms with Crippen molar-refractivity contribution >= 4 is 49.1 Å². The van der Waals surface area contributed by atoms with Crippen LogP contribution in [0.2, 0.25) is 5.02 Å². The second-order valence-electron chi connectivity index (χ2n) is 4.94. The van der Waals surface area contributed by atoms with Gasteiger partial charge < -0.3 is 11.5 Å². The van der Waals surface area contributed by atoms with Gasteiger partial charge in [-0.15, -0.1) is 0 Å². The lowest BCUT2D eigenvalue weighted by atomic mass is 10.0. The number of carbonyl (C=O) groups is 1. The van der Waals surface area contributed by atoms with Crippen LogP contribution in [0, 0.1) is 0 Å². The normalized spacial score (nSPS) is 12.4. The fourth-order valence-electron chi connectivity index (χ4n) is 1.67. The third-order valence-corrected chi connectivity index (χ3v) is 5.44. The van der Waals surface area contributed by atoms with Crippen molar-refractivity contribution in [2.75, 3.05) is 5.73 Å². The van der Waals surface area contributed by atoms with Crippen molar-refractivity contribution in [1.82, 2.24) is 4.72 Å². The second kappa shape index (κ2) is 5.88. The Morgan fingerprint density at radius 3 is 2.50 bits per heavy atom. The van der Waals surface area contributed by atoms with Crippen molar-refractivity contribution in [2.45, 2.75) is 30.7 Å². The highest BCUT2D eigenvalue weighted by Gasteiger charge is 2.29. The van der Waals surface area contributed by atoms with Gasteiger partial charge in [0.1, 0.15) is 0 Å². The van der Waals surface area contributed by atoms with Gasteiger partial charge in [-0.25, -0.2) is 13.1 Å². The third kappa shape index (κ3) is 4.34. The van der Waals surface area contributed by atoms with Crippen molar-refractivity contribution in [1.29, 1.82) is 0 Å². The Labute approximate surface area is 131 Å². The number of nitrogen functional groups attached to an aromatic ring is 1. The van der Waals surface area contributed by atoms with Crippen LogP contribution in [-0.2, 0) is 14.8 Å². The molecule has 0 fully saturated rings. The van der Waals surface area contributed by atoms with Crippen LogP contribution in [0.25, 0.3) is 0 Å². The number of primary amides is 1. The molecule has 1 aromatic carbocycles. The molecule has 6 nitrogen and oxygen atoms in total. The van der Waals surface area contributed by atoms with E-state index in [4.69, 9.17) is 23.1 Å². The van der Waals surface area contributed by atoms with E-state index in [1.807, 2.05) is 0 Å². The minimum atomic E-state index is -3.91. The lowest BCUT2D eigenvalue weighted by Crippen LogP contribution is -2.46. The van der Waals surface area contributed by atoms with Gasteiger partial charge in [0.05, 0.1) is 9.37 Å². The average molecular weight is 385 g/mol. The summed E-state index contributed by atoms with van der Waals surface area (Å²) in [5.41, 5.74) is 9.93. The molecule has 0 unspecified atom stereocenters. The van der Waals surface area contributed by atoms with Crippen LogP contribution in [0.5, 0.6) is 0 Å². The molecule has 0 heterocycles. The predicted octanol–water partition coefficient (Wildman–Crippen LogP) is 1.62. The molecule has 0 spiro atoms. The number of anilines is 1. The Balaban J connectivity index is 3.22. The van der Waals surface area contributed by atoms with E-state index in [0.717, 1.165) is 0 Å². The van der Waals surface area contributed by atoms with Gasteiger partial charge >= 0.3 is 0 Å². The van der Waals surface area contributed by atoms with Crippen LogP contribution in [0.15, 0.2) is 21.5 Å². The molecule has 112 valence electrons. The number of hydrogen-bond donors (Lipinski definition) is 3. The molecule has 1 amide bonds. The molecule has 1 aromatic rings. The first-order chi connectivity index (χ1) is 8.94. The summed E-state index contributed by atoms with van der Waals surface area (Å²) >= 11 is 8.93. The maximum atomic E-state index is 12.3. The van der Waals surface area contributed by atoms with E-state index in [9.17, 15) is 13.2 Å². The lowest BCUT2D eigenvalue weighted by molar-refractivity contribution is -0.119. The van der Waals surface area contributed by atoms with Gasteiger partial charge in [0, 0.05) is 22.7 Å².